The lowest BCUT2D eigenvalue weighted by atomic mass is 9.60. The zero-order valence-electron chi connectivity index (χ0n) is 27.9. The van der Waals surface area contributed by atoms with Crippen molar-refractivity contribution in [1.82, 2.24) is 25.8 Å². The number of rotatable bonds is 12. The van der Waals surface area contributed by atoms with Gasteiger partial charge in [-0.3, -0.25) is 19.9 Å². The largest absolute Gasteiger partial charge is 0.387 e. The van der Waals surface area contributed by atoms with E-state index in [1.54, 1.807) is 0 Å². The van der Waals surface area contributed by atoms with Crippen LogP contribution < -0.4 is 21.7 Å². The van der Waals surface area contributed by atoms with E-state index in [0.29, 0.717) is 45.3 Å². The Morgan fingerprint density at radius 2 is 1.74 bits per heavy atom. The Morgan fingerprint density at radius 3 is 2.33 bits per heavy atom. The number of nitrogens with two attached hydrogens (primary N) is 1. The van der Waals surface area contributed by atoms with E-state index in [1.807, 2.05) is 4.90 Å². The summed E-state index contributed by atoms with van der Waals surface area (Å²) in [7, 11) is 0. The molecule has 4 fully saturated rings. The Hall–Kier alpha value is -1.99. The predicted molar refractivity (Wildman–Crippen MR) is 171 cm³/mol. The minimum Gasteiger partial charge on any atom is -0.387 e. The van der Waals surface area contributed by atoms with Crippen molar-refractivity contribution in [2.24, 2.45) is 28.9 Å². The van der Waals surface area contributed by atoms with Crippen molar-refractivity contribution < 1.29 is 27.2 Å². The number of nitrogens with one attached hydrogen (secondary N) is 4. The topological polar surface area (TPSA) is 127 Å². The predicted octanol–water partition coefficient (Wildman–Crippen LogP) is 3.62. The third kappa shape index (κ3) is 8.35. The standard InChI is InChI=1S/C33H57F4N7O2/c1-4-7-8-23-27(41-16-22(34)9-13-32(23,6-3)12-5-2)26(29(38)39)30(45)42-25-18-40-17-24(35)28(25)43-14-10-21(11-15-43)31(46)44-19-33(36,37)20-44/h21-28,40-41H,4-20H2,1-3H3,(H3,38,39)(H,42,45). The molecule has 46 heavy (non-hydrogen) atoms. The maximum atomic E-state index is 15.6. The second-order valence-corrected chi connectivity index (χ2v) is 14.4. The van der Waals surface area contributed by atoms with Gasteiger partial charge in [0.1, 0.15) is 24.1 Å². The van der Waals surface area contributed by atoms with Gasteiger partial charge < -0.3 is 26.6 Å². The summed E-state index contributed by atoms with van der Waals surface area (Å²) in [6, 6.07) is -1.82. The zero-order valence-corrected chi connectivity index (χ0v) is 27.9. The molecule has 4 saturated heterocycles. The first kappa shape index (κ1) is 36.8. The van der Waals surface area contributed by atoms with E-state index < -0.39 is 61.3 Å². The van der Waals surface area contributed by atoms with Gasteiger partial charge in [-0.2, -0.15) is 0 Å². The van der Waals surface area contributed by atoms with Gasteiger partial charge in [0.25, 0.3) is 5.92 Å². The fourth-order valence-corrected chi connectivity index (χ4v) is 8.83. The number of likely N-dealkylation sites (tertiary alicyclic amines) is 2. The van der Waals surface area contributed by atoms with Crippen LogP contribution in [0.4, 0.5) is 17.6 Å². The van der Waals surface area contributed by atoms with Crippen LogP contribution in [-0.4, -0.2) is 110 Å². The number of alkyl halides is 4. The lowest BCUT2D eigenvalue weighted by Gasteiger charge is -2.49. The average Bonchev–Trinajstić information content (AvgIpc) is 3.00. The molecule has 8 unspecified atom stereocenters. The smallest absolute Gasteiger partial charge is 0.282 e. The summed E-state index contributed by atoms with van der Waals surface area (Å²) >= 11 is 0. The minimum absolute atomic E-state index is 0.00155. The van der Waals surface area contributed by atoms with Crippen LogP contribution in [0.2, 0.25) is 0 Å². The highest BCUT2D eigenvalue weighted by Crippen LogP contribution is 2.48. The SMILES string of the molecule is CCCCC1C(C(C(=N)N)C(=O)NC2CNCC(F)C2N2CCC(C(=O)N3CC(F)(F)C3)CC2)NCC(F)CCC1(CC)CCC. The number of amidine groups is 1. The van der Waals surface area contributed by atoms with Crippen molar-refractivity contribution in [2.75, 3.05) is 45.8 Å². The summed E-state index contributed by atoms with van der Waals surface area (Å²) in [6.07, 6.45) is 5.07. The van der Waals surface area contributed by atoms with Crippen molar-refractivity contribution in [3.63, 3.8) is 0 Å². The van der Waals surface area contributed by atoms with E-state index in [0.717, 1.165) is 38.5 Å². The number of hydrogen-bond acceptors (Lipinski definition) is 6. The van der Waals surface area contributed by atoms with Crippen molar-refractivity contribution in [1.29, 1.82) is 5.41 Å². The molecule has 0 aromatic rings. The Kier molecular flexibility index (Phi) is 12.8. The Bertz CT molecular complexity index is 1040. The molecular formula is C33H57F4N7O2. The summed E-state index contributed by atoms with van der Waals surface area (Å²) < 4.78 is 57.3. The molecule has 6 N–H and O–H groups in total. The highest BCUT2D eigenvalue weighted by atomic mass is 19.3. The maximum absolute atomic E-state index is 15.6. The molecule has 4 heterocycles. The number of halogens is 4. The number of piperidine rings is 2. The molecule has 0 aliphatic carbocycles. The van der Waals surface area contributed by atoms with Gasteiger partial charge >= 0.3 is 0 Å². The molecule has 13 heteroatoms. The van der Waals surface area contributed by atoms with Crippen LogP contribution >= 0.6 is 0 Å². The summed E-state index contributed by atoms with van der Waals surface area (Å²) in [5.41, 5.74) is 6.00. The van der Waals surface area contributed by atoms with Gasteiger partial charge in [0, 0.05) is 31.6 Å². The van der Waals surface area contributed by atoms with Crippen LogP contribution in [0.1, 0.15) is 85.0 Å². The molecule has 0 aromatic carbocycles. The molecule has 0 aromatic heterocycles. The van der Waals surface area contributed by atoms with Crippen LogP contribution in [0.25, 0.3) is 0 Å². The molecule has 264 valence electrons. The Labute approximate surface area is 272 Å². The van der Waals surface area contributed by atoms with Gasteiger partial charge in [-0.25, -0.2) is 17.6 Å². The fraction of sp³-hybridized carbons (Fsp3) is 0.909. The third-order valence-corrected chi connectivity index (χ3v) is 11.3. The monoisotopic (exact) mass is 659 g/mol. The van der Waals surface area contributed by atoms with Crippen LogP contribution in [0.15, 0.2) is 0 Å². The second-order valence-electron chi connectivity index (χ2n) is 14.4. The summed E-state index contributed by atoms with van der Waals surface area (Å²) in [5, 5.41) is 18.1. The number of nitrogens with zero attached hydrogens (tertiary/aromatic N) is 2. The van der Waals surface area contributed by atoms with E-state index in [1.165, 1.54) is 4.90 Å². The maximum Gasteiger partial charge on any atom is 0.282 e. The number of amides is 2. The number of unbranched alkanes of at least 4 members (excludes halogenated alkanes) is 1. The van der Waals surface area contributed by atoms with Crippen LogP contribution in [0.5, 0.6) is 0 Å². The average molecular weight is 660 g/mol. The lowest BCUT2D eigenvalue weighted by Crippen LogP contribution is -2.68. The Balaban J connectivity index is 1.51. The summed E-state index contributed by atoms with van der Waals surface area (Å²) in [6.45, 7) is 6.64. The summed E-state index contributed by atoms with van der Waals surface area (Å²) in [4.78, 5) is 30.1. The lowest BCUT2D eigenvalue weighted by molar-refractivity contribution is -0.171. The van der Waals surface area contributed by atoms with Gasteiger partial charge in [0.15, 0.2) is 0 Å². The highest BCUT2D eigenvalue weighted by Gasteiger charge is 2.50. The molecular weight excluding hydrogens is 602 g/mol. The molecule has 4 rings (SSSR count). The number of carbonyl (C=O) groups is 2. The molecule has 4 aliphatic heterocycles. The highest BCUT2D eigenvalue weighted by molar-refractivity contribution is 6.02. The first-order valence-corrected chi connectivity index (χ1v) is 17.6. The molecule has 0 radical (unpaired) electrons. The molecule has 2 amide bonds. The third-order valence-electron chi connectivity index (χ3n) is 11.3. The van der Waals surface area contributed by atoms with E-state index in [4.69, 9.17) is 11.1 Å². The van der Waals surface area contributed by atoms with Gasteiger partial charge in [-0.1, -0.05) is 46.5 Å². The first-order valence-electron chi connectivity index (χ1n) is 17.6. The quantitative estimate of drug-likeness (QED) is 0.124. The van der Waals surface area contributed by atoms with Crippen molar-refractivity contribution >= 4 is 17.6 Å². The van der Waals surface area contributed by atoms with E-state index in [-0.39, 0.29) is 42.1 Å². The second kappa shape index (κ2) is 15.9. The number of hydrogen-bond donors (Lipinski definition) is 5. The van der Waals surface area contributed by atoms with E-state index >= 15 is 8.78 Å². The fourth-order valence-electron chi connectivity index (χ4n) is 8.83. The zero-order chi connectivity index (χ0) is 33.6. The van der Waals surface area contributed by atoms with Gasteiger partial charge in [0.2, 0.25) is 11.8 Å². The first-order chi connectivity index (χ1) is 21.9. The van der Waals surface area contributed by atoms with Crippen molar-refractivity contribution in [2.45, 2.75) is 121 Å². The molecule has 9 nitrogen and oxygen atoms in total. The molecule has 4 aliphatic rings. The minimum atomic E-state index is -2.82. The van der Waals surface area contributed by atoms with Crippen LogP contribution in [0.3, 0.4) is 0 Å². The molecule has 0 saturated carbocycles. The normalized spacial score (nSPS) is 35.0. The van der Waals surface area contributed by atoms with E-state index in [2.05, 4.69) is 36.7 Å². The van der Waals surface area contributed by atoms with Gasteiger partial charge in [0.05, 0.1) is 25.2 Å². The Morgan fingerprint density at radius 1 is 1.04 bits per heavy atom. The van der Waals surface area contributed by atoms with E-state index in [9.17, 15) is 18.4 Å². The van der Waals surface area contributed by atoms with Crippen molar-refractivity contribution in [3.8, 4) is 0 Å². The van der Waals surface area contributed by atoms with Crippen LogP contribution in [0, 0.1) is 28.6 Å². The molecule has 0 spiro atoms. The van der Waals surface area contributed by atoms with Gasteiger partial charge in [-0.05, 0) is 62.9 Å². The summed E-state index contributed by atoms with van der Waals surface area (Å²) in [5.74, 6) is -5.27. The number of carbonyl (C=O) groups excluding carboxylic acids is 2. The van der Waals surface area contributed by atoms with Gasteiger partial charge in [-0.15, -0.1) is 0 Å². The molecule has 8 atom stereocenters. The molecule has 0 bridgehead atoms. The van der Waals surface area contributed by atoms with Crippen molar-refractivity contribution in [3.05, 3.63) is 0 Å². The van der Waals surface area contributed by atoms with Crippen LogP contribution in [-0.2, 0) is 9.59 Å².